The van der Waals surface area contributed by atoms with Gasteiger partial charge >= 0.3 is 0 Å². The summed E-state index contributed by atoms with van der Waals surface area (Å²) in [4.78, 5) is 0. The Morgan fingerprint density at radius 1 is 1.32 bits per heavy atom. The van der Waals surface area contributed by atoms with Crippen LogP contribution in [-0.4, -0.2) is 23.2 Å². The standard InChI is InChI=1S/C15H18N4OS.BrH/c16-9-12-4-3-5-13(8-12)10-20-7-2-1-6-14-11-21-15(17)19-18-14;/h3-5,8H,1-2,6-7,10-11H2,(H2,17,19);1H. The van der Waals surface area contributed by atoms with E-state index in [1.54, 1.807) is 6.07 Å². The minimum Gasteiger partial charge on any atom is -0.377 e. The molecule has 0 aromatic heterocycles. The van der Waals surface area contributed by atoms with Gasteiger partial charge in [0.2, 0.25) is 0 Å². The van der Waals surface area contributed by atoms with Crippen molar-refractivity contribution in [2.75, 3.05) is 12.4 Å². The lowest BCUT2D eigenvalue weighted by Crippen LogP contribution is -2.15. The van der Waals surface area contributed by atoms with E-state index >= 15 is 0 Å². The second kappa shape index (κ2) is 10.4. The molecule has 0 aliphatic carbocycles. The first-order chi connectivity index (χ1) is 10.3. The van der Waals surface area contributed by atoms with E-state index in [1.807, 2.05) is 18.2 Å². The largest absolute Gasteiger partial charge is 0.377 e. The molecule has 0 fully saturated rings. The predicted octanol–water partition coefficient (Wildman–Crippen LogP) is 3.24. The summed E-state index contributed by atoms with van der Waals surface area (Å²) in [7, 11) is 0. The second-order valence-electron chi connectivity index (χ2n) is 4.72. The molecule has 2 N–H and O–H groups in total. The summed E-state index contributed by atoms with van der Waals surface area (Å²) >= 11 is 1.53. The van der Waals surface area contributed by atoms with Crippen molar-refractivity contribution in [2.24, 2.45) is 15.9 Å². The van der Waals surface area contributed by atoms with Gasteiger partial charge in [0.1, 0.15) is 0 Å². The molecule has 22 heavy (non-hydrogen) atoms. The molecule has 0 radical (unpaired) electrons. The van der Waals surface area contributed by atoms with Crippen molar-refractivity contribution in [3.8, 4) is 6.07 Å². The summed E-state index contributed by atoms with van der Waals surface area (Å²) in [6.07, 6.45) is 2.96. The number of unbranched alkanes of at least 4 members (excludes halogenated alkanes) is 1. The highest BCUT2D eigenvalue weighted by Crippen LogP contribution is 2.12. The molecule has 2 rings (SSSR count). The fourth-order valence-electron chi connectivity index (χ4n) is 1.91. The molecule has 0 bridgehead atoms. The summed E-state index contributed by atoms with van der Waals surface area (Å²) in [5.74, 6) is 0.844. The number of nitrogens with two attached hydrogens (primary N) is 1. The number of amidine groups is 1. The van der Waals surface area contributed by atoms with Crippen molar-refractivity contribution < 1.29 is 4.74 Å². The zero-order valence-corrected chi connectivity index (χ0v) is 14.7. The molecule has 1 heterocycles. The maximum Gasteiger partial charge on any atom is 0.180 e. The Morgan fingerprint density at radius 3 is 2.91 bits per heavy atom. The van der Waals surface area contributed by atoms with Crippen LogP contribution in [0.5, 0.6) is 0 Å². The summed E-state index contributed by atoms with van der Waals surface area (Å²) in [6, 6.07) is 9.62. The molecule has 0 amide bonds. The van der Waals surface area contributed by atoms with Gasteiger partial charge < -0.3 is 10.5 Å². The van der Waals surface area contributed by atoms with Crippen LogP contribution >= 0.6 is 28.7 Å². The predicted molar refractivity (Wildman–Crippen MR) is 96.5 cm³/mol. The quantitative estimate of drug-likeness (QED) is 0.733. The fourth-order valence-corrected chi connectivity index (χ4v) is 2.53. The van der Waals surface area contributed by atoms with Gasteiger partial charge in [-0.3, -0.25) is 0 Å². The lowest BCUT2D eigenvalue weighted by Gasteiger charge is -2.09. The van der Waals surface area contributed by atoms with Crippen LogP contribution in [0.2, 0.25) is 0 Å². The molecule has 5 nitrogen and oxygen atoms in total. The van der Waals surface area contributed by atoms with E-state index in [2.05, 4.69) is 16.3 Å². The Hall–Kier alpha value is -1.36. The average molecular weight is 383 g/mol. The lowest BCUT2D eigenvalue weighted by molar-refractivity contribution is 0.117. The van der Waals surface area contributed by atoms with E-state index in [0.29, 0.717) is 23.9 Å². The minimum atomic E-state index is 0. The number of thioether (sulfide) groups is 1. The molecule has 1 aromatic rings. The molecule has 0 spiro atoms. The first-order valence-corrected chi connectivity index (χ1v) is 7.85. The van der Waals surface area contributed by atoms with Crippen LogP contribution in [0, 0.1) is 11.3 Å². The molecule has 1 aliphatic heterocycles. The van der Waals surface area contributed by atoms with Gasteiger partial charge in [-0.05, 0) is 37.0 Å². The van der Waals surface area contributed by atoms with Crippen LogP contribution in [0.1, 0.15) is 30.4 Å². The van der Waals surface area contributed by atoms with Gasteiger partial charge in [-0.25, -0.2) is 0 Å². The fraction of sp³-hybridized carbons (Fsp3) is 0.400. The molecule has 118 valence electrons. The van der Waals surface area contributed by atoms with Gasteiger partial charge in [-0.15, -0.1) is 22.1 Å². The highest BCUT2D eigenvalue weighted by molar-refractivity contribution is 8.93. The Kier molecular flexibility index (Phi) is 8.82. The van der Waals surface area contributed by atoms with E-state index in [9.17, 15) is 0 Å². The molecule has 0 unspecified atom stereocenters. The van der Waals surface area contributed by atoms with Crippen LogP contribution in [-0.2, 0) is 11.3 Å². The van der Waals surface area contributed by atoms with Gasteiger partial charge in [0.15, 0.2) is 5.17 Å². The smallest absolute Gasteiger partial charge is 0.180 e. The zero-order chi connectivity index (χ0) is 14.9. The number of nitriles is 1. The molecule has 1 aromatic carbocycles. The number of rotatable bonds is 7. The summed E-state index contributed by atoms with van der Waals surface area (Å²) < 4.78 is 5.62. The molecule has 7 heteroatoms. The first kappa shape index (κ1) is 18.7. The van der Waals surface area contributed by atoms with Gasteiger partial charge in [0.05, 0.1) is 24.0 Å². The number of hydrogen-bond donors (Lipinski definition) is 1. The van der Waals surface area contributed by atoms with Crippen molar-refractivity contribution in [1.82, 2.24) is 0 Å². The third-order valence-electron chi connectivity index (χ3n) is 3.01. The van der Waals surface area contributed by atoms with E-state index in [-0.39, 0.29) is 17.0 Å². The van der Waals surface area contributed by atoms with Crippen molar-refractivity contribution in [2.45, 2.75) is 25.9 Å². The number of benzene rings is 1. The normalized spacial score (nSPS) is 13.6. The lowest BCUT2D eigenvalue weighted by atomic mass is 10.1. The summed E-state index contributed by atoms with van der Waals surface area (Å²) in [5.41, 5.74) is 8.33. The topological polar surface area (TPSA) is 83.8 Å². The molecule has 0 atom stereocenters. The van der Waals surface area contributed by atoms with Gasteiger partial charge in [-0.2, -0.15) is 10.4 Å². The monoisotopic (exact) mass is 382 g/mol. The van der Waals surface area contributed by atoms with E-state index in [4.69, 9.17) is 15.7 Å². The Balaban J connectivity index is 0.00000242. The Morgan fingerprint density at radius 2 is 2.18 bits per heavy atom. The van der Waals surface area contributed by atoms with Crippen molar-refractivity contribution in [3.63, 3.8) is 0 Å². The number of nitrogens with zero attached hydrogens (tertiary/aromatic N) is 3. The molecule has 0 saturated heterocycles. The van der Waals surface area contributed by atoms with Crippen LogP contribution < -0.4 is 5.73 Å². The van der Waals surface area contributed by atoms with Crippen molar-refractivity contribution in [3.05, 3.63) is 35.4 Å². The zero-order valence-electron chi connectivity index (χ0n) is 12.2. The number of halogens is 1. The molecule has 0 saturated carbocycles. The van der Waals surface area contributed by atoms with Crippen molar-refractivity contribution >= 4 is 39.6 Å². The van der Waals surface area contributed by atoms with Crippen LogP contribution in [0.25, 0.3) is 0 Å². The second-order valence-corrected chi connectivity index (χ2v) is 5.71. The molecule has 1 aliphatic rings. The SMILES string of the molecule is Br.N#Cc1cccc(COCCCCC2=NN=C(N)SC2)c1. The highest BCUT2D eigenvalue weighted by Gasteiger charge is 2.07. The van der Waals surface area contributed by atoms with Gasteiger partial charge in [0.25, 0.3) is 0 Å². The van der Waals surface area contributed by atoms with Crippen molar-refractivity contribution in [1.29, 1.82) is 5.26 Å². The Labute approximate surface area is 145 Å². The average Bonchev–Trinajstić information content (AvgIpc) is 2.52. The third-order valence-corrected chi connectivity index (χ3v) is 3.86. The first-order valence-electron chi connectivity index (χ1n) is 6.86. The maximum absolute atomic E-state index is 8.82. The number of ether oxygens (including phenoxy) is 1. The third kappa shape index (κ3) is 6.60. The van der Waals surface area contributed by atoms with Crippen LogP contribution in [0.15, 0.2) is 34.5 Å². The summed E-state index contributed by atoms with van der Waals surface area (Å²) in [5, 5.41) is 17.3. The number of hydrogen-bond acceptors (Lipinski definition) is 6. The Bertz CT molecular complexity index is 583. The summed E-state index contributed by atoms with van der Waals surface area (Å²) in [6.45, 7) is 1.26. The van der Waals surface area contributed by atoms with Gasteiger partial charge in [-0.1, -0.05) is 23.9 Å². The minimum absolute atomic E-state index is 0. The molecular formula is C15H19BrN4OS. The molecular weight excluding hydrogens is 364 g/mol. The van der Waals surface area contributed by atoms with E-state index < -0.39 is 0 Å². The van der Waals surface area contributed by atoms with Crippen LogP contribution in [0.4, 0.5) is 0 Å². The van der Waals surface area contributed by atoms with Gasteiger partial charge in [0, 0.05) is 12.4 Å². The highest BCUT2D eigenvalue weighted by atomic mass is 79.9. The van der Waals surface area contributed by atoms with E-state index in [0.717, 1.165) is 36.3 Å². The van der Waals surface area contributed by atoms with Crippen LogP contribution in [0.3, 0.4) is 0 Å². The van der Waals surface area contributed by atoms with E-state index in [1.165, 1.54) is 11.8 Å². The maximum atomic E-state index is 8.82.